The summed E-state index contributed by atoms with van der Waals surface area (Å²) in [5.74, 6) is 0. The van der Waals surface area contributed by atoms with E-state index in [4.69, 9.17) is 4.74 Å². The van der Waals surface area contributed by atoms with Crippen molar-refractivity contribution in [1.82, 2.24) is 15.2 Å². The topological polar surface area (TPSA) is 37.4 Å². The summed E-state index contributed by atoms with van der Waals surface area (Å²) in [4.78, 5) is 6.80. The Morgan fingerprint density at radius 2 is 2.40 bits per heavy atom. The fourth-order valence-corrected chi connectivity index (χ4v) is 2.65. The van der Waals surface area contributed by atoms with Crippen LogP contribution in [0.15, 0.2) is 24.4 Å². The van der Waals surface area contributed by atoms with Gasteiger partial charge in [-0.15, -0.1) is 0 Å². The van der Waals surface area contributed by atoms with Crippen LogP contribution >= 0.6 is 0 Å². The third-order valence-corrected chi connectivity index (χ3v) is 3.98. The van der Waals surface area contributed by atoms with Crippen LogP contribution in [-0.4, -0.2) is 48.3 Å². The van der Waals surface area contributed by atoms with E-state index in [2.05, 4.69) is 35.1 Å². The van der Waals surface area contributed by atoms with Gasteiger partial charge in [-0.3, -0.25) is 9.88 Å². The molecular weight excluding hydrogens is 250 g/mol. The average molecular weight is 277 g/mol. The molecule has 0 aliphatic carbocycles. The SMILES string of the molecule is CCN(CCNC(C)C1CCCO1)Cc1ccccn1. The van der Waals surface area contributed by atoms with E-state index in [1.165, 1.54) is 12.8 Å². The molecule has 0 radical (unpaired) electrons. The molecule has 0 aromatic carbocycles. The van der Waals surface area contributed by atoms with Gasteiger partial charge in [0.1, 0.15) is 0 Å². The Labute approximate surface area is 122 Å². The first-order valence-electron chi connectivity index (χ1n) is 7.77. The third-order valence-electron chi connectivity index (χ3n) is 3.98. The molecule has 1 aliphatic rings. The first-order chi connectivity index (χ1) is 9.79. The van der Waals surface area contributed by atoms with E-state index in [0.29, 0.717) is 12.1 Å². The summed E-state index contributed by atoms with van der Waals surface area (Å²) >= 11 is 0. The van der Waals surface area contributed by atoms with Gasteiger partial charge >= 0.3 is 0 Å². The molecule has 20 heavy (non-hydrogen) atoms. The van der Waals surface area contributed by atoms with Gasteiger partial charge in [0, 0.05) is 38.5 Å². The molecule has 2 unspecified atom stereocenters. The van der Waals surface area contributed by atoms with E-state index in [0.717, 1.165) is 38.5 Å². The molecule has 2 rings (SSSR count). The Balaban J connectivity index is 1.68. The van der Waals surface area contributed by atoms with E-state index in [1.54, 1.807) is 0 Å². The minimum Gasteiger partial charge on any atom is -0.377 e. The smallest absolute Gasteiger partial charge is 0.0726 e. The number of nitrogens with one attached hydrogen (secondary N) is 1. The number of rotatable bonds is 8. The second kappa shape index (κ2) is 8.35. The molecule has 1 N–H and O–H groups in total. The standard InChI is InChI=1S/C16H27N3O/c1-3-19(13-15-7-4-5-9-18-15)11-10-17-14(2)16-8-6-12-20-16/h4-5,7,9,14,16-17H,3,6,8,10-13H2,1-2H3. The number of ether oxygens (including phenoxy) is 1. The van der Waals surface area contributed by atoms with E-state index in [1.807, 2.05) is 18.3 Å². The van der Waals surface area contributed by atoms with Crippen LogP contribution in [0.25, 0.3) is 0 Å². The maximum atomic E-state index is 5.71. The van der Waals surface area contributed by atoms with Crippen molar-refractivity contribution >= 4 is 0 Å². The zero-order valence-electron chi connectivity index (χ0n) is 12.7. The highest BCUT2D eigenvalue weighted by atomic mass is 16.5. The minimum absolute atomic E-state index is 0.404. The first kappa shape index (κ1) is 15.4. The molecule has 1 aromatic rings. The number of aromatic nitrogens is 1. The van der Waals surface area contributed by atoms with Gasteiger partial charge in [0.15, 0.2) is 0 Å². The molecule has 1 saturated heterocycles. The van der Waals surface area contributed by atoms with Gasteiger partial charge in [-0.25, -0.2) is 0 Å². The number of nitrogens with zero attached hydrogens (tertiary/aromatic N) is 2. The van der Waals surface area contributed by atoms with Gasteiger partial charge in [0.2, 0.25) is 0 Å². The molecule has 0 amide bonds. The van der Waals surface area contributed by atoms with E-state index in [9.17, 15) is 0 Å². The summed E-state index contributed by atoms with van der Waals surface area (Å²) in [5, 5.41) is 3.59. The number of pyridine rings is 1. The Kier molecular flexibility index (Phi) is 6.43. The summed E-state index contributed by atoms with van der Waals surface area (Å²) in [7, 11) is 0. The van der Waals surface area contributed by atoms with Crippen LogP contribution in [0, 0.1) is 0 Å². The molecule has 4 heteroatoms. The molecule has 2 heterocycles. The Morgan fingerprint density at radius 1 is 1.50 bits per heavy atom. The van der Waals surface area contributed by atoms with Gasteiger partial charge in [-0.05, 0) is 38.4 Å². The van der Waals surface area contributed by atoms with Crippen molar-refractivity contribution in [3.63, 3.8) is 0 Å². The molecule has 1 fully saturated rings. The van der Waals surface area contributed by atoms with Crippen molar-refractivity contribution in [2.75, 3.05) is 26.2 Å². The van der Waals surface area contributed by atoms with Gasteiger partial charge in [-0.1, -0.05) is 13.0 Å². The zero-order chi connectivity index (χ0) is 14.2. The lowest BCUT2D eigenvalue weighted by Crippen LogP contribution is -2.41. The van der Waals surface area contributed by atoms with Gasteiger partial charge in [0.05, 0.1) is 11.8 Å². The maximum Gasteiger partial charge on any atom is 0.0726 e. The Morgan fingerprint density at radius 3 is 3.05 bits per heavy atom. The highest BCUT2D eigenvalue weighted by Crippen LogP contribution is 2.15. The number of hydrogen-bond acceptors (Lipinski definition) is 4. The zero-order valence-corrected chi connectivity index (χ0v) is 12.7. The Bertz CT molecular complexity index is 365. The van der Waals surface area contributed by atoms with Crippen LogP contribution < -0.4 is 5.32 Å². The predicted molar refractivity (Wildman–Crippen MR) is 81.6 cm³/mol. The monoisotopic (exact) mass is 277 g/mol. The molecular formula is C16H27N3O. The normalized spacial score (nSPS) is 20.4. The summed E-state index contributed by atoms with van der Waals surface area (Å²) in [5.41, 5.74) is 1.14. The summed E-state index contributed by atoms with van der Waals surface area (Å²) < 4.78 is 5.71. The van der Waals surface area contributed by atoms with Crippen LogP contribution in [0.5, 0.6) is 0 Å². The van der Waals surface area contributed by atoms with Crippen molar-refractivity contribution in [1.29, 1.82) is 0 Å². The lowest BCUT2D eigenvalue weighted by Gasteiger charge is -2.24. The molecule has 2 atom stereocenters. The summed E-state index contributed by atoms with van der Waals surface area (Å²) in [6, 6.07) is 6.55. The van der Waals surface area contributed by atoms with Crippen molar-refractivity contribution < 1.29 is 4.74 Å². The maximum absolute atomic E-state index is 5.71. The molecule has 0 spiro atoms. The van der Waals surface area contributed by atoms with Gasteiger partial charge in [-0.2, -0.15) is 0 Å². The van der Waals surface area contributed by atoms with E-state index < -0.39 is 0 Å². The average Bonchev–Trinajstić information content (AvgIpc) is 3.01. The Hall–Kier alpha value is -0.970. The van der Waals surface area contributed by atoms with Crippen LogP contribution in [-0.2, 0) is 11.3 Å². The van der Waals surface area contributed by atoms with E-state index >= 15 is 0 Å². The quantitative estimate of drug-likeness (QED) is 0.789. The fraction of sp³-hybridized carbons (Fsp3) is 0.688. The summed E-state index contributed by atoms with van der Waals surface area (Å²) in [6.45, 7) is 9.38. The van der Waals surface area contributed by atoms with Crippen LogP contribution in [0.4, 0.5) is 0 Å². The summed E-state index contributed by atoms with van der Waals surface area (Å²) in [6.07, 6.45) is 4.67. The molecule has 1 aromatic heterocycles. The molecule has 4 nitrogen and oxygen atoms in total. The second-order valence-electron chi connectivity index (χ2n) is 5.48. The van der Waals surface area contributed by atoms with E-state index in [-0.39, 0.29) is 0 Å². The first-order valence-corrected chi connectivity index (χ1v) is 7.77. The molecule has 0 bridgehead atoms. The fourth-order valence-electron chi connectivity index (χ4n) is 2.65. The van der Waals surface area contributed by atoms with Crippen molar-refractivity contribution in [2.24, 2.45) is 0 Å². The predicted octanol–water partition coefficient (Wildman–Crippen LogP) is 2.06. The number of likely N-dealkylation sites (N-methyl/N-ethyl adjacent to an activating group) is 1. The highest BCUT2D eigenvalue weighted by Gasteiger charge is 2.21. The van der Waals surface area contributed by atoms with Crippen LogP contribution in [0.1, 0.15) is 32.4 Å². The lowest BCUT2D eigenvalue weighted by atomic mass is 10.1. The number of hydrogen-bond donors (Lipinski definition) is 1. The molecule has 112 valence electrons. The minimum atomic E-state index is 0.404. The molecule has 0 saturated carbocycles. The van der Waals surface area contributed by atoms with Crippen molar-refractivity contribution in [2.45, 2.75) is 45.4 Å². The van der Waals surface area contributed by atoms with Gasteiger partial charge < -0.3 is 10.1 Å². The lowest BCUT2D eigenvalue weighted by molar-refractivity contribution is 0.0826. The van der Waals surface area contributed by atoms with Crippen molar-refractivity contribution in [3.8, 4) is 0 Å². The highest BCUT2D eigenvalue weighted by molar-refractivity contribution is 5.03. The van der Waals surface area contributed by atoms with Crippen LogP contribution in [0.3, 0.4) is 0 Å². The van der Waals surface area contributed by atoms with Crippen molar-refractivity contribution in [3.05, 3.63) is 30.1 Å². The largest absolute Gasteiger partial charge is 0.377 e. The third kappa shape index (κ3) is 4.85. The second-order valence-corrected chi connectivity index (χ2v) is 5.48. The van der Waals surface area contributed by atoms with Gasteiger partial charge in [0.25, 0.3) is 0 Å². The van der Waals surface area contributed by atoms with Crippen LogP contribution in [0.2, 0.25) is 0 Å². The molecule has 1 aliphatic heterocycles.